The van der Waals surface area contributed by atoms with Crippen molar-refractivity contribution in [2.75, 3.05) is 4.90 Å². The number of nitrogens with zero attached hydrogens (tertiary/aromatic N) is 1. The van der Waals surface area contributed by atoms with Crippen LogP contribution in [0.3, 0.4) is 0 Å². The van der Waals surface area contributed by atoms with Gasteiger partial charge in [0.05, 0.1) is 16.4 Å². The third-order valence-electron chi connectivity index (χ3n) is 9.08. The average molecular weight is 688 g/mol. The Morgan fingerprint density at radius 3 is 1.19 bits per heavy atom. The van der Waals surface area contributed by atoms with Gasteiger partial charge < -0.3 is 4.90 Å². The molecular weight excluding hydrogens is 639 g/mol. The van der Waals surface area contributed by atoms with Crippen molar-refractivity contribution in [2.45, 2.75) is 0 Å². The van der Waals surface area contributed by atoms with Gasteiger partial charge in [-0.25, -0.2) is 0 Å². The lowest BCUT2D eigenvalue weighted by molar-refractivity contribution is 1.28. The molecule has 0 amide bonds. The topological polar surface area (TPSA) is 3.24 Å². The van der Waals surface area contributed by atoms with Gasteiger partial charge in [0.25, 0.3) is 0 Å². The van der Waals surface area contributed by atoms with Crippen LogP contribution in [0, 0.1) is 0 Å². The predicted molar refractivity (Wildman–Crippen MR) is 226 cm³/mol. The second kappa shape index (κ2) is 14.3. The molecule has 0 heterocycles. The molecule has 0 saturated heterocycles. The molecular formula is C52H37N. The first-order chi connectivity index (χ1) is 31.3. The van der Waals surface area contributed by atoms with Gasteiger partial charge in [-0.2, -0.15) is 0 Å². The third kappa shape index (κ3) is 6.65. The van der Waals surface area contributed by atoms with E-state index in [9.17, 15) is 16.4 Å². The highest BCUT2D eigenvalue weighted by Crippen LogP contribution is 2.39. The smallest absolute Gasteiger partial charge is 0.0645 e. The van der Waals surface area contributed by atoms with Crippen LogP contribution in [0.1, 0.15) is 16.4 Å². The van der Waals surface area contributed by atoms with Gasteiger partial charge in [-0.1, -0.05) is 176 Å². The number of rotatable bonds is 8. The molecule has 9 aromatic rings. The number of hydrogen-bond donors (Lipinski definition) is 0. The molecule has 0 N–H and O–H groups in total. The zero-order valence-electron chi connectivity index (χ0n) is 40.4. The van der Waals surface area contributed by atoms with Gasteiger partial charge in [-0.05, 0) is 115 Å². The molecule has 53 heavy (non-hydrogen) atoms. The summed E-state index contributed by atoms with van der Waals surface area (Å²) in [6, 6.07) is 38.7. The quantitative estimate of drug-likeness (QED) is 0.154. The second-order valence-corrected chi connectivity index (χ2v) is 12.4. The van der Waals surface area contributed by atoms with Crippen LogP contribution in [-0.2, 0) is 0 Å². The molecule has 250 valence electrons. The van der Waals surface area contributed by atoms with E-state index in [0.29, 0.717) is 16.7 Å². The minimum atomic E-state index is -0.669. The zero-order valence-corrected chi connectivity index (χ0v) is 28.4. The largest absolute Gasteiger partial charge is 0.311 e. The van der Waals surface area contributed by atoms with E-state index in [2.05, 4.69) is 0 Å². The van der Waals surface area contributed by atoms with E-state index in [-0.39, 0.29) is 16.7 Å². The Morgan fingerprint density at radius 1 is 0.283 bits per heavy atom. The fourth-order valence-corrected chi connectivity index (χ4v) is 6.43. The SMILES string of the molecule is [2H]c1c([2H])c(N(c2c([2H])c([2H])c(-c3cccc(-c4ccccc4)c3)c([2H])c2[2H])c2c([2H])c([2H])c(-c3cccc(-c4cccc5ccccc45)c3)c([2H])c2[2H])c([2H])c([2H])c1-c1ccccc1. The van der Waals surface area contributed by atoms with Gasteiger partial charge in [-0.3, -0.25) is 0 Å². The number of fused-ring (bicyclic) bond motifs is 1. The monoisotopic (exact) mass is 687 g/mol. The normalized spacial score (nSPS) is 14.2. The molecule has 1 nitrogen and oxygen atoms in total. The molecule has 0 radical (unpaired) electrons. The maximum Gasteiger partial charge on any atom is 0.0645 e. The summed E-state index contributed by atoms with van der Waals surface area (Å²) >= 11 is 0. The Hall–Kier alpha value is -6.96. The second-order valence-electron chi connectivity index (χ2n) is 12.4. The standard InChI is InChI=1S/C52H37N/c1-3-12-38(13-4-1)40-24-30-48(31-25-40)53(49-32-26-41(27-33-49)45-19-9-18-44(36-45)39-14-5-2-6-15-39)50-34-28-42(29-35-50)46-20-10-21-47(37-46)52-23-11-17-43-16-7-8-22-51(43)52/h1-37H/i24D,25D,26D,27D,28D,29D,30D,31D,32D,33D,34D,35D. The van der Waals surface area contributed by atoms with Gasteiger partial charge in [0.1, 0.15) is 0 Å². The minimum Gasteiger partial charge on any atom is -0.311 e. The van der Waals surface area contributed by atoms with Crippen LogP contribution in [0.15, 0.2) is 224 Å². The molecule has 0 aromatic heterocycles. The Labute approximate surface area is 328 Å². The van der Waals surface area contributed by atoms with Crippen LogP contribution in [0.5, 0.6) is 0 Å². The average Bonchev–Trinajstić information content (AvgIpc) is 3.33. The molecule has 0 bridgehead atoms. The Balaban J connectivity index is 1.30. The first-order valence-electron chi connectivity index (χ1n) is 23.2. The maximum absolute atomic E-state index is 9.57. The molecule has 0 aliphatic rings. The van der Waals surface area contributed by atoms with Crippen LogP contribution in [-0.4, -0.2) is 0 Å². The maximum atomic E-state index is 9.57. The van der Waals surface area contributed by atoms with Crippen LogP contribution in [0.25, 0.3) is 66.4 Å². The van der Waals surface area contributed by atoms with E-state index < -0.39 is 89.6 Å². The molecule has 1 heteroatoms. The zero-order chi connectivity index (χ0) is 45.8. The molecule has 0 spiro atoms. The number of anilines is 3. The van der Waals surface area contributed by atoms with E-state index in [4.69, 9.17) is 0 Å². The van der Waals surface area contributed by atoms with Crippen molar-refractivity contribution in [2.24, 2.45) is 0 Å². The number of benzene rings is 9. The van der Waals surface area contributed by atoms with Gasteiger partial charge >= 0.3 is 0 Å². The fraction of sp³-hybridized carbons (Fsp3) is 0. The molecule has 9 aromatic carbocycles. The summed E-state index contributed by atoms with van der Waals surface area (Å²) in [7, 11) is 0. The summed E-state index contributed by atoms with van der Waals surface area (Å²) in [6.07, 6.45) is 0. The highest BCUT2D eigenvalue weighted by atomic mass is 15.1. The fourth-order valence-electron chi connectivity index (χ4n) is 6.43. The van der Waals surface area contributed by atoms with Crippen molar-refractivity contribution in [3.8, 4) is 55.6 Å². The van der Waals surface area contributed by atoms with Crippen LogP contribution in [0.2, 0.25) is 0 Å². The van der Waals surface area contributed by atoms with E-state index in [1.807, 2.05) is 84.9 Å². The highest BCUT2D eigenvalue weighted by molar-refractivity contribution is 5.97. The summed E-state index contributed by atoms with van der Waals surface area (Å²) in [6.45, 7) is 0. The van der Waals surface area contributed by atoms with Crippen molar-refractivity contribution >= 4 is 27.8 Å². The lowest BCUT2D eigenvalue weighted by Crippen LogP contribution is -2.09. The van der Waals surface area contributed by atoms with Crippen LogP contribution >= 0.6 is 0 Å². The number of hydrogen-bond acceptors (Lipinski definition) is 1. The van der Waals surface area contributed by atoms with Crippen LogP contribution < -0.4 is 4.90 Å². The van der Waals surface area contributed by atoms with Crippen molar-refractivity contribution in [1.82, 2.24) is 0 Å². The van der Waals surface area contributed by atoms with Gasteiger partial charge in [0, 0.05) is 17.1 Å². The van der Waals surface area contributed by atoms with Crippen molar-refractivity contribution < 1.29 is 16.4 Å². The lowest BCUT2D eigenvalue weighted by Gasteiger charge is -2.26. The summed E-state index contributed by atoms with van der Waals surface area (Å²) in [5.74, 6) is 0. The summed E-state index contributed by atoms with van der Waals surface area (Å²) in [5.41, 5.74) is 2.51. The first-order valence-corrected chi connectivity index (χ1v) is 17.2. The molecule has 0 fully saturated rings. The third-order valence-corrected chi connectivity index (χ3v) is 9.08. The summed E-state index contributed by atoms with van der Waals surface area (Å²) in [5, 5.41) is 1.99. The van der Waals surface area contributed by atoms with Crippen LogP contribution in [0.4, 0.5) is 17.1 Å². The Bertz CT molecular complexity index is 3260. The molecule has 0 aliphatic heterocycles. The van der Waals surface area contributed by atoms with Crippen molar-refractivity contribution in [3.05, 3.63) is 224 Å². The summed E-state index contributed by atoms with van der Waals surface area (Å²) < 4.78 is 113. The Morgan fingerprint density at radius 2 is 0.642 bits per heavy atom. The van der Waals surface area contributed by atoms with Crippen molar-refractivity contribution in [1.29, 1.82) is 0 Å². The molecule has 0 aliphatic carbocycles. The van der Waals surface area contributed by atoms with E-state index >= 15 is 0 Å². The van der Waals surface area contributed by atoms with E-state index in [1.54, 1.807) is 66.7 Å². The van der Waals surface area contributed by atoms with E-state index in [0.717, 1.165) is 37.9 Å². The minimum absolute atomic E-state index is 0.0431. The molecule has 0 unspecified atom stereocenters. The van der Waals surface area contributed by atoms with Gasteiger partial charge in [0.2, 0.25) is 0 Å². The highest BCUT2D eigenvalue weighted by Gasteiger charge is 2.14. The molecule has 0 saturated carbocycles. The van der Waals surface area contributed by atoms with Crippen molar-refractivity contribution in [3.63, 3.8) is 0 Å². The molecule has 0 atom stereocenters. The Kier molecular flexibility index (Phi) is 5.80. The first kappa shape index (κ1) is 21.4. The summed E-state index contributed by atoms with van der Waals surface area (Å²) in [4.78, 5) is 0.845. The van der Waals surface area contributed by atoms with Gasteiger partial charge in [-0.15, -0.1) is 0 Å². The lowest BCUT2D eigenvalue weighted by atomic mass is 9.95. The van der Waals surface area contributed by atoms with E-state index in [1.165, 1.54) is 0 Å². The van der Waals surface area contributed by atoms with Gasteiger partial charge in [0.15, 0.2) is 0 Å². The predicted octanol–water partition coefficient (Wildman–Crippen LogP) is 14.6. The molecule has 9 rings (SSSR count).